The summed E-state index contributed by atoms with van der Waals surface area (Å²) in [5.41, 5.74) is 1.01. The van der Waals surface area contributed by atoms with Crippen LogP contribution in [-0.4, -0.2) is 63.2 Å². The number of piperazine rings is 1. The molecule has 1 aliphatic heterocycles. The van der Waals surface area contributed by atoms with E-state index in [1.807, 2.05) is 12.1 Å². The molecule has 1 aromatic carbocycles. The molecule has 0 radical (unpaired) electrons. The first-order valence-electron chi connectivity index (χ1n) is 8.54. The highest BCUT2D eigenvalue weighted by Crippen LogP contribution is 2.29. The predicted octanol–water partition coefficient (Wildman–Crippen LogP) is 2.10. The van der Waals surface area contributed by atoms with Crippen LogP contribution in [0.25, 0.3) is 0 Å². The number of carbonyl (C=O) groups is 1. The summed E-state index contributed by atoms with van der Waals surface area (Å²) in [4.78, 5) is 21.6. The van der Waals surface area contributed by atoms with Gasteiger partial charge in [0.25, 0.3) is 5.91 Å². The molecule has 0 saturated carbocycles. The highest BCUT2D eigenvalue weighted by atomic mass is 16.5. The van der Waals surface area contributed by atoms with E-state index < -0.39 is 0 Å². The van der Waals surface area contributed by atoms with Gasteiger partial charge in [-0.05, 0) is 31.3 Å². The van der Waals surface area contributed by atoms with E-state index >= 15 is 0 Å². The molecule has 1 saturated heterocycles. The molecule has 138 valence electrons. The van der Waals surface area contributed by atoms with Gasteiger partial charge in [0.05, 0.1) is 14.2 Å². The van der Waals surface area contributed by atoms with Crippen molar-refractivity contribution in [3.63, 3.8) is 0 Å². The summed E-state index contributed by atoms with van der Waals surface area (Å²) in [5, 5.41) is 2.86. The van der Waals surface area contributed by atoms with Gasteiger partial charge in [-0.2, -0.15) is 0 Å². The average molecular weight is 356 g/mol. The molecule has 0 unspecified atom stereocenters. The Bertz CT molecular complexity index is 773. The summed E-state index contributed by atoms with van der Waals surface area (Å²) in [7, 11) is 5.24. The Morgan fingerprint density at radius 3 is 2.46 bits per heavy atom. The summed E-state index contributed by atoms with van der Waals surface area (Å²) in [6.45, 7) is 3.79. The molecule has 7 heteroatoms. The number of methoxy groups -OCH3 is 2. The van der Waals surface area contributed by atoms with Gasteiger partial charge >= 0.3 is 0 Å². The van der Waals surface area contributed by atoms with Crippen molar-refractivity contribution in [1.82, 2.24) is 9.88 Å². The van der Waals surface area contributed by atoms with Crippen LogP contribution in [0.4, 0.5) is 11.5 Å². The molecule has 2 aromatic rings. The van der Waals surface area contributed by atoms with Gasteiger partial charge in [-0.15, -0.1) is 0 Å². The molecule has 26 heavy (non-hydrogen) atoms. The van der Waals surface area contributed by atoms with Crippen LogP contribution < -0.4 is 19.7 Å². The number of pyridine rings is 1. The van der Waals surface area contributed by atoms with Gasteiger partial charge in [0.1, 0.15) is 11.5 Å². The number of likely N-dealkylation sites (N-methyl/N-ethyl adjacent to an activating group) is 1. The third-order valence-electron chi connectivity index (χ3n) is 4.44. The van der Waals surface area contributed by atoms with Gasteiger partial charge in [-0.3, -0.25) is 4.79 Å². The van der Waals surface area contributed by atoms with Crippen molar-refractivity contribution < 1.29 is 14.3 Å². The third kappa shape index (κ3) is 4.05. The van der Waals surface area contributed by atoms with Gasteiger partial charge in [0, 0.05) is 37.9 Å². The summed E-state index contributed by atoms with van der Waals surface area (Å²) >= 11 is 0. The lowest BCUT2D eigenvalue weighted by Gasteiger charge is -2.33. The van der Waals surface area contributed by atoms with Crippen molar-refractivity contribution in [3.8, 4) is 11.5 Å². The molecule has 0 spiro atoms. The normalized spacial score (nSPS) is 14.8. The predicted molar refractivity (Wildman–Crippen MR) is 101 cm³/mol. The second-order valence-electron chi connectivity index (χ2n) is 6.20. The third-order valence-corrected chi connectivity index (χ3v) is 4.44. The van der Waals surface area contributed by atoms with Crippen molar-refractivity contribution in [3.05, 3.63) is 42.1 Å². The molecule has 1 N–H and O–H groups in total. The number of carbonyl (C=O) groups excluding carboxylic acids is 1. The van der Waals surface area contributed by atoms with Crippen LogP contribution in [-0.2, 0) is 0 Å². The van der Waals surface area contributed by atoms with E-state index in [-0.39, 0.29) is 5.91 Å². The second kappa shape index (κ2) is 8.05. The molecule has 1 fully saturated rings. The fraction of sp³-hybridized carbons (Fsp3) is 0.368. The second-order valence-corrected chi connectivity index (χ2v) is 6.20. The molecule has 0 atom stereocenters. The van der Waals surface area contributed by atoms with E-state index in [1.165, 1.54) is 0 Å². The number of nitrogens with zero attached hydrogens (tertiary/aromatic N) is 3. The number of amides is 1. The zero-order valence-corrected chi connectivity index (χ0v) is 15.4. The van der Waals surface area contributed by atoms with Crippen LogP contribution in [0.15, 0.2) is 36.4 Å². The Morgan fingerprint density at radius 1 is 1.04 bits per heavy atom. The summed E-state index contributed by atoms with van der Waals surface area (Å²) in [6, 6.07) is 10.8. The van der Waals surface area contributed by atoms with Gasteiger partial charge in [0.2, 0.25) is 0 Å². The lowest BCUT2D eigenvalue weighted by molar-refractivity contribution is 0.102. The maximum atomic E-state index is 12.6. The highest BCUT2D eigenvalue weighted by Gasteiger charge is 2.17. The Balaban J connectivity index is 1.73. The summed E-state index contributed by atoms with van der Waals surface area (Å²) in [5.74, 6) is 1.75. The van der Waals surface area contributed by atoms with Crippen LogP contribution >= 0.6 is 0 Å². The van der Waals surface area contributed by atoms with Gasteiger partial charge < -0.3 is 24.6 Å². The maximum Gasteiger partial charge on any atom is 0.274 e. The molecule has 0 bridgehead atoms. The maximum absolute atomic E-state index is 12.6. The number of ether oxygens (including phenoxy) is 2. The lowest BCUT2D eigenvalue weighted by Crippen LogP contribution is -2.44. The van der Waals surface area contributed by atoms with Crippen molar-refractivity contribution in [1.29, 1.82) is 0 Å². The average Bonchev–Trinajstić information content (AvgIpc) is 2.68. The zero-order valence-electron chi connectivity index (χ0n) is 15.4. The number of benzene rings is 1. The quantitative estimate of drug-likeness (QED) is 0.885. The van der Waals surface area contributed by atoms with Crippen LogP contribution in [0.2, 0.25) is 0 Å². The number of nitrogens with one attached hydrogen (secondary N) is 1. The standard InChI is InChI=1S/C19H24N4O3/c1-22-9-11-23(12-10-22)18-6-4-5-15(21-18)19(24)20-14-7-8-16(25-2)17(13-14)26-3/h4-8,13H,9-12H2,1-3H3,(H,20,24). The van der Waals surface area contributed by atoms with E-state index in [0.717, 1.165) is 32.0 Å². The Hall–Kier alpha value is -2.80. The molecule has 0 aliphatic carbocycles. The Labute approximate surface area is 153 Å². The first-order valence-corrected chi connectivity index (χ1v) is 8.54. The molecular formula is C19H24N4O3. The zero-order chi connectivity index (χ0) is 18.5. The highest BCUT2D eigenvalue weighted by molar-refractivity contribution is 6.03. The van der Waals surface area contributed by atoms with Crippen molar-refractivity contribution in [2.45, 2.75) is 0 Å². The van der Waals surface area contributed by atoms with E-state index in [4.69, 9.17) is 9.47 Å². The molecule has 1 aliphatic rings. The topological polar surface area (TPSA) is 66.9 Å². The molecule has 1 amide bonds. The number of hydrogen-bond acceptors (Lipinski definition) is 6. The smallest absolute Gasteiger partial charge is 0.274 e. The van der Waals surface area contributed by atoms with Crippen LogP contribution in [0.3, 0.4) is 0 Å². The summed E-state index contributed by atoms with van der Waals surface area (Å²) in [6.07, 6.45) is 0. The van der Waals surface area contributed by atoms with Crippen LogP contribution in [0, 0.1) is 0 Å². The van der Waals surface area contributed by atoms with Crippen molar-refractivity contribution >= 4 is 17.4 Å². The number of anilines is 2. The number of aromatic nitrogens is 1. The van der Waals surface area contributed by atoms with Gasteiger partial charge in [0.15, 0.2) is 11.5 Å². The Kier molecular flexibility index (Phi) is 5.58. The molecule has 1 aromatic heterocycles. The van der Waals surface area contributed by atoms with Gasteiger partial charge in [-0.25, -0.2) is 4.98 Å². The molecule has 2 heterocycles. The van der Waals surface area contributed by atoms with Gasteiger partial charge in [-0.1, -0.05) is 6.07 Å². The number of hydrogen-bond donors (Lipinski definition) is 1. The van der Waals surface area contributed by atoms with E-state index in [2.05, 4.69) is 27.1 Å². The minimum atomic E-state index is -0.256. The summed E-state index contributed by atoms with van der Waals surface area (Å²) < 4.78 is 10.5. The van der Waals surface area contributed by atoms with Crippen LogP contribution in [0.5, 0.6) is 11.5 Å². The SMILES string of the molecule is COc1ccc(NC(=O)c2cccc(N3CCN(C)CC3)n2)cc1OC. The minimum Gasteiger partial charge on any atom is -0.493 e. The largest absolute Gasteiger partial charge is 0.493 e. The first-order chi connectivity index (χ1) is 12.6. The van der Waals surface area contributed by atoms with Crippen molar-refractivity contribution in [2.24, 2.45) is 0 Å². The van der Waals surface area contributed by atoms with E-state index in [1.54, 1.807) is 38.5 Å². The van der Waals surface area contributed by atoms with E-state index in [0.29, 0.717) is 22.9 Å². The van der Waals surface area contributed by atoms with Crippen LogP contribution in [0.1, 0.15) is 10.5 Å². The Morgan fingerprint density at radius 2 is 1.77 bits per heavy atom. The van der Waals surface area contributed by atoms with Crippen molar-refractivity contribution in [2.75, 3.05) is 57.7 Å². The lowest BCUT2D eigenvalue weighted by atomic mass is 10.2. The molecular weight excluding hydrogens is 332 g/mol. The van der Waals surface area contributed by atoms with E-state index in [9.17, 15) is 4.79 Å². The molecule has 3 rings (SSSR count). The fourth-order valence-electron chi connectivity index (χ4n) is 2.87. The number of rotatable bonds is 5. The fourth-order valence-corrected chi connectivity index (χ4v) is 2.87. The monoisotopic (exact) mass is 356 g/mol. The molecule has 7 nitrogen and oxygen atoms in total. The first kappa shape index (κ1) is 18.0. The minimum absolute atomic E-state index is 0.256.